The van der Waals surface area contributed by atoms with Crippen molar-refractivity contribution < 1.29 is 8.33 Å². The van der Waals surface area contributed by atoms with Gasteiger partial charge in [0.2, 0.25) is 5.96 Å². The topological polar surface area (TPSA) is 120 Å². The fraction of sp³-hybridized carbons (Fsp3) is 0.500. The van der Waals surface area contributed by atoms with Crippen LogP contribution in [0.5, 0.6) is 0 Å². The maximum absolute atomic E-state index is 8.43. The van der Waals surface area contributed by atoms with Gasteiger partial charge in [0.05, 0.1) is 12.0 Å². The van der Waals surface area contributed by atoms with Crippen LogP contribution in [0.25, 0.3) is 0 Å². The quantitative estimate of drug-likeness (QED) is 0.171. The Morgan fingerprint density at radius 2 is 2.42 bits per heavy atom. The van der Waals surface area contributed by atoms with E-state index in [4.69, 9.17) is 5.26 Å². The van der Waals surface area contributed by atoms with Crippen molar-refractivity contribution >= 4 is 40.8 Å². The minimum absolute atomic E-state index is 0. The van der Waals surface area contributed by atoms with E-state index in [2.05, 4.69) is 25.6 Å². The van der Waals surface area contributed by atoms with E-state index in [1.165, 1.54) is 0 Å². The molecule has 0 aliphatic carbocycles. The molecule has 9 heteroatoms. The number of hydrogen-bond acceptors (Lipinski definition) is 4. The number of aromatic nitrogens is 2. The number of nitrogens with zero attached hydrogens (tertiary/aromatic N) is 3. The molecule has 0 fully saturated rings. The monoisotopic (exact) mass is 296 g/mol. The second-order valence-electron chi connectivity index (χ2n) is 3.26. The summed E-state index contributed by atoms with van der Waals surface area (Å²) in [5, 5.41) is 13.9. The van der Waals surface area contributed by atoms with Crippen molar-refractivity contribution in [3.8, 4) is 6.19 Å². The number of rotatable bonds is 5. The van der Waals surface area contributed by atoms with E-state index < -0.39 is 0 Å². The minimum Gasteiger partial charge on any atom is -1.00 e. The molecule has 1 aromatic rings. The molecule has 0 saturated heterocycles. The fourth-order valence-electron chi connectivity index (χ4n) is 1.18. The van der Waals surface area contributed by atoms with Gasteiger partial charge in [-0.3, -0.25) is 10.3 Å². The summed E-state index contributed by atoms with van der Waals surface area (Å²) in [7, 11) is 1.63. The molecule has 7 nitrogen and oxygen atoms in total. The predicted octanol–water partition coefficient (Wildman–Crippen LogP) is -0.383. The van der Waals surface area contributed by atoms with Crippen molar-refractivity contribution in [3.05, 3.63) is 17.7 Å². The molecule has 0 unspecified atom stereocenters. The summed E-state index contributed by atoms with van der Waals surface area (Å²) in [6.07, 6.45) is 3.54. The second kappa shape index (κ2) is 12.1. The van der Waals surface area contributed by atoms with Crippen molar-refractivity contribution in [2.45, 2.75) is 12.7 Å². The van der Waals surface area contributed by atoms with E-state index >= 15 is 0 Å². The summed E-state index contributed by atoms with van der Waals surface area (Å²) in [6, 6.07) is 0. The number of hydrogen-bond donors (Lipinski definition) is 3. The first-order valence-corrected chi connectivity index (χ1v) is 6.35. The number of nitriles is 1. The third-order valence-corrected chi connectivity index (χ3v) is 3.08. The molecule has 0 spiro atoms. The van der Waals surface area contributed by atoms with Gasteiger partial charge in [-0.25, -0.2) is 4.98 Å². The zero-order valence-electron chi connectivity index (χ0n) is 13.2. The number of aromatic amines is 1. The predicted molar refractivity (Wildman–Crippen MR) is 81.2 cm³/mol. The molecule has 0 aromatic carbocycles. The van der Waals surface area contributed by atoms with Gasteiger partial charge in [0.25, 0.3) is 0 Å². The maximum atomic E-state index is 8.43. The first-order valence-electron chi connectivity index (χ1n) is 5.20. The Labute approximate surface area is 136 Å². The van der Waals surface area contributed by atoms with Gasteiger partial charge in [-0.15, -0.1) is 0 Å². The number of nitrogens with one attached hydrogen (secondary N) is 3. The molecule has 19 heavy (non-hydrogen) atoms. The van der Waals surface area contributed by atoms with Crippen molar-refractivity contribution in [3.63, 3.8) is 0 Å². The van der Waals surface area contributed by atoms with E-state index in [1.54, 1.807) is 25.1 Å². The van der Waals surface area contributed by atoms with Crippen LogP contribution in [0.2, 0.25) is 0 Å². The van der Waals surface area contributed by atoms with E-state index in [1.807, 2.05) is 13.1 Å². The molecule has 0 radical (unpaired) electrons. The molecule has 0 aliphatic rings. The molecule has 1 rings (SSSR count). The fourth-order valence-corrected chi connectivity index (χ4v) is 2.05. The zero-order chi connectivity index (χ0) is 12.5. The SMILES string of the molecule is CN=C(NC#N)NCCSCc1nc[nH]c1C.O.[H-].[H-].[Mg+2]. The molecule has 0 atom stereocenters. The molecule has 104 valence electrons. The van der Waals surface area contributed by atoms with Crippen LogP contribution in [-0.4, -0.2) is 63.8 Å². The molecule has 0 saturated carbocycles. The van der Waals surface area contributed by atoms with Gasteiger partial charge in [0.1, 0.15) is 0 Å². The van der Waals surface area contributed by atoms with Gasteiger partial charge in [0, 0.05) is 30.8 Å². The van der Waals surface area contributed by atoms with Crippen molar-refractivity contribution in [1.29, 1.82) is 5.26 Å². The average Bonchev–Trinajstić information content (AvgIpc) is 2.73. The molecule has 0 aliphatic heterocycles. The summed E-state index contributed by atoms with van der Waals surface area (Å²) in [5.74, 6) is 2.32. The zero-order valence-corrected chi connectivity index (χ0v) is 13.4. The smallest absolute Gasteiger partial charge is 1.00 e. The summed E-state index contributed by atoms with van der Waals surface area (Å²) in [6.45, 7) is 2.77. The Balaban J connectivity index is -0.000000361. The number of imidazole rings is 1. The summed E-state index contributed by atoms with van der Waals surface area (Å²) in [5.41, 5.74) is 2.21. The van der Waals surface area contributed by atoms with Crippen molar-refractivity contribution in [2.24, 2.45) is 4.99 Å². The first kappa shape index (κ1) is 20.4. The van der Waals surface area contributed by atoms with Gasteiger partial charge in [-0.05, 0) is 6.92 Å². The number of aryl methyl sites for hydroxylation is 1. The van der Waals surface area contributed by atoms with Crippen LogP contribution in [0.1, 0.15) is 14.2 Å². The normalized spacial score (nSPS) is 9.84. The van der Waals surface area contributed by atoms with E-state index in [0.29, 0.717) is 5.96 Å². The van der Waals surface area contributed by atoms with Crippen molar-refractivity contribution in [2.75, 3.05) is 19.3 Å². The van der Waals surface area contributed by atoms with Crippen LogP contribution in [0.4, 0.5) is 0 Å². The molecule has 1 aromatic heterocycles. The van der Waals surface area contributed by atoms with Crippen LogP contribution in [0.15, 0.2) is 11.3 Å². The van der Waals surface area contributed by atoms with Crippen LogP contribution < -0.4 is 10.6 Å². The van der Waals surface area contributed by atoms with Gasteiger partial charge in [0.15, 0.2) is 6.19 Å². The number of H-pyrrole nitrogens is 1. The van der Waals surface area contributed by atoms with Gasteiger partial charge in [-0.2, -0.15) is 17.0 Å². The standard InChI is InChI=1S/C10H16N6S.Mg.H2O.2H/c1-8-9(16-7-15-8)5-17-4-3-13-10(12-2)14-6-11;;;;/h7H,3-5H2,1-2H3,(H,15,16)(H2,12,13,14);;1H2;;/q;+2;;2*-1. The Morgan fingerprint density at radius 3 is 2.95 bits per heavy atom. The number of guanidine groups is 1. The van der Waals surface area contributed by atoms with Gasteiger partial charge >= 0.3 is 23.1 Å². The summed E-state index contributed by atoms with van der Waals surface area (Å²) in [4.78, 5) is 11.2. The summed E-state index contributed by atoms with van der Waals surface area (Å²) >= 11 is 1.79. The van der Waals surface area contributed by atoms with E-state index in [-0.39, 0.29) is 31.4 Å². The maximum Gasteiger partial charge on any atom is 2.00 e. The Hall–Kier alpha value is -0.954. The Bertz CT molecular complexity index is 426. The van der Waals surface area contributed by atoms with Crippen LogP contribution in [0.3, 0.4) is 0 Å². The largest absolute Gasteiger partial charge is 2.00 e. The molecule has 5 N–H and O–H groups in total. The molecule has 1 heterocycles. The minimum atomic E-state index is 0. The second-order valence-corrected chi connectivity index (χ2v) is 4.37. The van der Waals surface area contributed by atoms with Gasteiger partial charge in [-0.1, -0.05) is 0 Å². The van der Waals surface area contributed by atoms with E-state index in [0.717, 1.165) is 29.4 Å². The van der Waals surface area contributed by atoms with E-state index in [9.17, 15) is 0 Å². The summed E-state index contributed by atoms with van der Waals surface area (Å²) < 4.78 is 0. The third kappa shape index (κ3) is 7.94. The Kier molecular flexibility index (Phi) is 13.0. The number of aliphatic imine (C=N–C) groups is 1. The average molecular weight is 297 g/mol. The van der Waals surface area contributed by atoms with Gasteiger partial charge < -0.3 is 18.6 Å². The molecular formula is C10H20MgN6OS. The van der Waals surface area contributed by atoms with Crippen LogP contribution in [0, 0.1) is 18.4 Å². The molecule has 0 bridgehead atoms. The number of thioether (sulfide) groups is 1. The molecular weight excluding hydrogens is 277 g/mol. The van der Waals surface area contributed by atoms with Crippen LogP contribution >= 0.6 is 11.8 Å². The molecule has 0 amide bonds. The Morgan fingerprint density at radius 1 is 1.68 bits per heavy atom. The van der Waals surface area contributed by atoms with Crippen molar-refractivity contribution in [1.82, 2.24) is 20.6 Å². The van der Waals surface area contributed by atoms with Crippen LogP contribution in [-0.2, 0) is 5.75 Å². The third-order valence-electron chi connectivity index (χ3n) is 2.11. The first-order chi connectivity index (χ1) is 8.27.